The van der Waals surface area contributed by atoms with Crippen LogP contribution in [0.15, 0.2) is 37.5 Å². The first-order valence-corrected chi connectivity index (χ1v) is 5.91. The van der Waals surface area contributed by atoms with Crippen LogP contribution < -0.4 is 5.11 Å². The Labute approximate surface area is 133 Å². The van der Waals surface area contributed by atoms with Gasteiger partial charge >= 0.3 is 17.5 Å². The van der Waals surface area contributed by atoms with E-state index in [1.807, 2.05) is 12.2 Å². The number of quaternary nitrogens is 1. The van der Waals surface area contributed by atoms with E-state index >= 15 is 0 Å². The Kier molecular flexibility index (Phi) is 23.9. The van der Waals surface area contributed by atoms with Crippen LogP contribution in [0.2, 0.25) is 0 Å². The van der Waals surface area contributed by atoms with E-state index in [9.17, 15) is 14.7 Å². The molecule has 7 nitrogen and oxygen atoms in total. The number of nitrogens with zero attached hydrogens (tertiary/aromatic N) is 1. The van der Waals surface area contributed by atoms with Crippen molar-refractivity contribution in [3.05, 3.63) is 37.5 Å². The average molecular weight is 342 g/mol. The minimum atomic E-state index is -1.51. The number of rotatable bonds is 6. The van der Waals surface area contributed by atoms with E-state index in [2.05, 4.69) is 27.3 Å². The minimum absolute atomic E-state index is 0. The van der Waals surface area contributed by atoms with E-state index in [-0.39, 0.29) is 12.4 Å². The molecule has 0 aliphatic heterocycles. The number of carboxylic acids is 2. The summed E-state index contributed by atoms with van der Waals surface area (Å²) < 4.78 is 17.5. The van der Waals surface area contributed by atoms with Crippen LogP contribution in [0.25, 0.3) is 0 Å². The second-order valence-electron chi connectivity index (χ2n) is 3.94. The molecule has 1 N–H and O–H groups in total. The topological polar surface area (TPSA) is 112 Å². The van der Waals surface area contributed by atoms with E-state index in [1.54, 1.807) is 0 Å². The van der Waals surface area contributed by atoms with E-state index < -0.39 is 23.5 Å². The summed E-state index contributed by atoms with van der Waals surface area (Å²) in [5.41, 5.74) is 0. The van der Waals surface area contributed by atoms with Crippen LogP contribution in [0.3, 0.4) is 0 Å². The summed E-state index contributed by atoms with van der Waals surface area (Å²) in [6.07, 6.45) is 4.81. The third kappa shape index (κ3) is 38.1. The molecular formula is C12H20ClNO6S. The zero-order valence-electron chi connectivity index (χ0n) is 11.9. The van der Waals surface area contributed by atoms with E-state index in [0.717, 1.165) is 17.6 Å². The average Bonchev–Trinajstić information content (AvgIpc) is 2.28. The number of carbonyl (C=O) groups excluding carboxylic acids is 1. The molecule has 0 aliphatic rings. The highest BCUT2D eigenvalue weighted by atomic mass is 35.5. The molecule has 0 aromatic carbocycles. The summed E-state index contributed by atoms with van der Waals surface area (Å²) in [4.78, 5) is 19.0. The van der Waals surface area contributed by atoms with E-state index in [4.69, 9.17) is 13.5 Å². The molecule has 0 spiro atoms. The molecule has 0 saturated heterocycles. The molecule has 0 aliphatic carbocycles. The largest absolute Gasteiger partial charge is 0.545 e. The number of likely N-dealkylation sites (N-methyl/N-ethyl adjacent to an activating group) is 1. The fourth-order valence-corrected chi connectivity index (χ4v) is 0.913. The van der Waals surface area contributed by atoms with Gasteiger partial charge in [-0.05, 0) is 18.2 Å². The zero-order valence-corrected chi connectivity index (χ0v) is 13.5. The van der Waals surface area contributed by atoms with Crippen LogP contribution >= 0.6 is 12.4 Å². The molecule has 0 rings (SSSR count). The quantitative estimate of drug-likeness (QED) is 0.398. The van der Waals surface area contributed by atoms with E-state index in [0.29, 0.717) is 12.2 Å². The van der Waals surface area contributed by atoms with Gasteiger partial charge in [0.15, 0.2) is 0 Å². The predicted molar refractivity (Wildman–Crippen MR) is 80.2 cm³/mol. The van der Waals surface area contributed by atoms with Crippen molar-refractivity contribution < 1.29 is 32.7 Å². The van der Waals surface area contributed by atoms with Crippen molar-refractivity contribution in [2.24, 2.45) is 0 Å². The van der Waals surface area contributed by atoms with E-state index in [1.165, 1.54) is 0 Å². The smallest absolute Gasteiger partial charge is 0.335 e. The van der Waals surface area contributed by atoms with Gasteiger partial charge in [0.05, 0.1) is 33.2 Å². The summed E-state index contributed by atoms with van der Waals surface area (Å²) in [5, 5.41) is 17.2. The van der Waals surface area contributed by atoms with Crippen LogP contribution in [0.5, 0.6) is 0 Å². The third-order valence-corrected chi connectivity index (χ3v) is 1.61. The Bertz CT molecular complexity index is 361. The fraction of sp³-hybridized carbons (Fsp3) is 0.333. The highest BCUT2D eigenvalue weighted by Gasteiger charge is 2.07. The summed E-state index contributed by atoms with van der Waals surface area (Å²) in [6, 6.07) is 0. The maximum absolute atomic E-state index is 9.53. The number of hydrogen-bond acceptors (Lipinski definition) is 5. The molecule has 0 radical (unpaired) electrons. The molecule has 0 unspecified atom stereocenters. The number of carboxylic acid groups (broad SMARTS) is 2. The first-order valence-electron chi connectivity index (χ1n) is 5.24. The Balaban J connectivity index is -0.000000112. The summed E-state index contributed by atoms with van der Waals surface area (Å²) in [6.45, 7) is 9.37. The van der Waals surface area contributed by atoms with Gasteiger partial charge in [-0.15, -0.1) is 12.4 Å². The standard InChI is InChI=1S/C8H16N.C4H4O4.ClH.O2S/c1-5-7-9(3,4)8-6-2;5-3(6)1-2-4(7)8;;1-3-2/h5-6H,1-2,7-8H2,3-4H3;1-2H,(H,5,6)(H,7,8);1H;/q+1;;;/p-1/b;2-1-;;. The van der Waals surface area contributed by atoms with Gasteiger partial charge in [-0.1, -0.05) is 13.2 Å². The summed E-state index contributed by atoms with van der Waals surface area (Å²) in [5.74, 6) is -2.80. The SMILES string of the molecule is C=CC[N+](C)(C)CC=C.Cl.O=C([O-])/C=C\C(=O)O.O=S=O. The van der Waals surface area contributed by atoms with Crippen molar-refractivity contribution in [1.82, 2.24) is 0 Å². The van der Waals surface area contributed by atoms with Crippen molar-refractivity contribution in [3.8, 4) is 0 Å². The van der Waals surface area contributed by atoms with Gasteiger partial charge in [-0.25, -0.2) is 4.79 Å². The molecular weight excluding hydrogens is 322 g/mol. The lowest BCUT2D eigenvalue weighted by atomic mass is 10.4. The van der Waals surface area contributed by atoms with Gasteiger partial charge in [0.1, 0.15) is 0 Å². The first-order chi connectivity index (χ1) is 9.16. The summed E-state index contributed by atoms with van der Waals surface area (Å²) in [7, 11) is 4.31. The predicted octanol–water partition coefficient (Wildman–Crippen LogP) is -0.436. The molecule has 122 valence electrons. The number of hydrogen-bond donors (Lipinski definition) is 1. The molecule has 0 fully saturated rings. The van der Waals surface area contributed by atoms with Crippen LogP contribution in [-0.4, -0.2) is 57.1 Å². The molecule has 21 heavy (non-hydrogen) atoms. The molecule has 0 amide bonds. The monoisotopic (exact) mass is 341 g/mol. The van der Waals surface area contributed by atoms with Crippen molar-refractivity contribution in [2.75, 3.05) is 27.2 Å². The van der Waals surface area contributed by atoms with Gasteiger partial charge in [-0.2, -0.15) is 8.42 Å². The van der Waals surface area contributed by atoms with Gasteiger partial charge in [0, 0.05) is 6.08 Å². The van der Waals surface area contributed by atoms with Crippen LogP contribution in [-0.2, 0) is 21.2 Å². The van der Waals surface area contributed by atoms with Gasteiger partial charge in [-0.3, -0.25) is 0 Å². The molecule has 9 heteroatoms. The Hall–Kier alpha value is -1.77. The van der Waals surface area contributed by atoms with Gasteiger partial charge < -0.3 is 19.5 Å². The first kappa shape index (κ1) is 27.6. The Morgan fingerprint density at radius 2 is 1.48 bits per heavy atom. The molecule has 0 heterocycles. The lowest BCUT2D eigenvalue weighted by molar-refractivity contribution is -0.878. The van der Waals surface area contributed by atoms with Crippen LogP contribution in [0.4, 0.5) is 0 Å². The molecule has 0 bridgehead atoms. The van der Waals surface area contributed by atoms with Crippen molar-refractivity contribution in [2.45, 2.75) is 0 Å². The highest BCUT2D eigenvalue weighted by Crippen LogP contribution is 1.95. The fourth-order valence-electron chi connectivity index (χ4n) is 0.913. The molecule has 0 aromatic rings. The van der Waals surface area contributed by atoms with Gasteiger partial charge in [0.2, 0.25) is 0 Å². The lowest BCUT2D eigenvalue weighted by Crippen LogP contribution is -2.39. The summed E-state index contributed by atoms with van der Waals surface area (Å²) >= 11 is -0.750. The normalized spacial score (nSPS) is 8.86. The second kappa shape index (κ2) is 18.2. The zero-order chi connectivity index (χ0) is 16.6. The number of aliphatic carboxylic acids is 2. The van der Waals surface area contributed by atoms with Crippen molar-refractivity contribution in [1.29, 1.82) is 0 Å². The second-order valence-corrected chi connectivity index (χ2v) is 4.07. The maximum atomic E-state index is 9.53. The highest BCUT2D eigenvalue weighted by molar-refractivity contribution is 7.51. The third-order valence-electron chi connectivity index (χ3n) is 1.61. The van der Waals surface area contributed by atoms with Crippen molar-refractivity contribution in [3.63, 3.8) is 0 Å². The maximum Gasteiger partial charge on any atom is 0.335 e. The molecule has 0 atom stereocenters. The Morgan fingerprint density at radius 1 is 1.14 bits per heavy atom. The number of halogens is 1. The lowest BCUT2D eigenvalue weighted by Gasteiger charge is -2.26. The molecule has 0 saturated carbocycles. The molecule has 0 aromatic heterocycles. The Morgan fingerprint density at radius 3 is 1.62 bits per heavy atom. The van der Waals surface area contributed by atoms with Crippen LogP contribution in [0, 0.1) is 0 Å². The minimum Gasteiger partial charge on any atom is -0.545 e. The van der Waals surface area contributed by atoms with Gasteiger partial charge in [0.25, 0.3) is 0 Å². The number of carbonyl (C=O) groups is 2. The van der Waals surface area contributed by atoms with Crippen LogP contribution in [0.1, 0.15) is 0 Å². The van der Waals surface area contributed by atoms with Crippen molar-refractivity contribution >= 4 is 35.9 Å².